The van der Waals surface area contributed by atoms with Crippen molar-refractivity contribution in [2.45, 2.75) is 72.0 Å². The summed E-state index contributed by atoms with van der Waals surface area (Å²) in [7, 11) is -1.51. The molecule has 0 fully saturated rings. The summed E-state index contributed by atoms with van der Waals surface area (Å²) in [5.41, 5.74) is 11.0. The van der Waals surface area contributed by atoms with Gasteiger partial charge in [-0.15, -0.1) is 0 Å². The normalized spacial score (nSPS) is 12.4. The maximum atomic E-state index is 12.1. The van der Waals surface area contributed by atoms with Gasteiger partial charge in [0.05, 0.1) is 31.0 Å². The zero-order chi connectivity index (χ0) is 37.0. The molecule has 4 aromatic carbocycles. The fourth-order valence-corrected chi connectivity index (χ4v) is 7.81. The van der Waals surface area contributed by atoms with E-state index in [1.54, 1.807) is 0 Å². The summed E-state index contributed by atoms with van der Waals surface area (Å²) in [6.45, 7) is 20.1. The van der Waals surface area contributed by atoms with Crippen molar-refractivity contribution in [3.63, 3.8) is 0 Å². The average molecular weight is 701 g/mol. The number of hydrogen-bond acceptors (Lipinski definition) is 4. The molecule has 0 saturated carbocycles. The summed E-state index contributed by atoms with van der Waals surface area (Å²) in [5.74, 6) is 0.927. The minimum atomic E-state index is -1.51. The molecule has 0 spiro atoms. The van der Waals surface area contributed by atoms with Gasteiger partial charge in [0.2, 0.25) is 0 Å². The lowest BCUT2D eigenvalue weighted by Gasteiger charge is -2.27. The Morgan fingerprint density at radius 3 is 1.88 bits per heavy atom. The Morgan fingerprint density at radius 1 is 0.615 bits per heavy atom. The molecule has 0 aliphatic heterocycles. The molecule has 0 unspecified atom stereocenters. The lowest BCUT2D eigenvalue weighted by atomic mass is 9.79. The van der Waals surface area contributed by atoms with E-state index in [1.807, 2.05) is 36.7 Å². The minimum absolute atomic E-state index is 0.145. The largest absolute Gasteiger partial charge is 0.507 e. The monoisotopic (exact) mass is 700 g/mol. The third-order valence-corrected chi connectivity index (χ3v) is 11.9. The van der Waals surface area contributed by atoms with Crippen LogP contribution in [0.3, 0.4) is 0 Å². The first-order valence-corrected chi connectivity index (χ1v) is 21.6. The smallest absolute Gasteiger partial charge is 0.149 e. The molecule has 0 amide bonds. The number of phenols is 1. The van der Waals surface area contributed by atoms with Crippen LogP contribution in [-0.2, 0) is 10.8 Å². The fourth-order valence-electron chi connectivity index (χ4n) is 6.77. The highest BCUT2D eigenvalue weighted by Crippen LogP contribution is 2.44. The van der Waals surface area contributed by atoms with E-state index in [4.69, 9.17) is 15.0 Å². The van der Waals surface area contributed by atoms with Crippen LogP contribution in [0.15, 0.2) is 122 Å². The predicted octanol–water partition coefficient (Wildman–Crippen LogP) is 11.3. The summed E-state index contributed by atoms with van der Waals surface area (Å²) in [5, 5.41) is 13.4. The lowest BCUT2D eigenvalue weighted by Crippen LogP contribution is -2.37. The van der Waals surface area contributed by atoms with Gasteiger partial charge in [-0.1, -0.05) is 122 Å². The second kappa shape index (κ2) is 13.0. The van der Waals surface area contributed by atoms with E-state index in [2.05, 4.69) is 151 Å². The van der Waals surface area contributed by atoms with Gasteiger partial charge in [-0.25, -0.2) is 4.98 Å². The van der Waals surface area contributed by atoms with Gasteiger partial charge in [0, 0.05) is 34.8 Å². The molecule has 1 N–H and O–H groups in total. The molecule has 0 radical (unpaired) electrons. The zero-order valence-electron chi connectivity index (χ0n) is 31.8. The van der Waals surface area contributed by atoms with E-state index in [-0.39, 0.29) is 16.6 Å². The maximum absolute atomic E-state index is 12.1. The Kier molecular flexibility index (Phi) is 8.78. The summed E-state index contributed by atoms with van der Waals surface area (Å²) in [6.07, 6.45) is 5.85. The Balaban J connectivity index is 1.52. The van der Waals surface area contributed by atoms with E-state index in [0.717, 1.165) is 61.4 Å². The second-order valence-electron chi connectivity index (χ2n) is 16.9. The van der Waals surface area contributed by atoms with E-state index < -0.39 is 8.07 Å². The van der Waals surface area contributed by atoms with E-state index in [9.17, 15) is 5.11 Å². The lowest BCUT2D eigenvalue weighted by molar-refractivity contribution is 0.446. The molecule has 7 rings (SSSR count). The number of rotatable bonds is 6. The van der Waals surface area contributed by atoms with Gasteiger partial charge in [-0.2, -0.15) is 0 Å². The van der Waals surface area contributed by atoms with Crippen molar-refractivity contribution in [3.8, 4) is 56.3 Å². The summed E-state index contributed by atoms with van der Waals surface area (Å²) in [6, 6.07) is 36.0. The molecule has 7 aromatic rings. The average Bonchev–Trinajstić information content (AvgIpc) is 3.50. The van der Waals surface area contributed by atoms with Gasteiger partial charge in [0.25, 0.3) is 0 Å². The fraction of sp³-hybridized carbons (Fsp3) is 0.239. The van der Waals surface area contributed by atoms with Crippen LogP contribution in [0.25, 0.3) is 61.6 Å². The predicted molar refractivity (Wildman–Crippen MR) is 220 cm³/mol. The van der Waals surface area contributed by atoms with Crippen molar-refractivity contribution in [1.29, 1.82) is 0 Å². The van der Waals surface area contributed by atoms with Crippen molar-refractivity contribution in [3.05, 3.63) is 133 Å². The van der Waals surface area contributed by atoms with E-state index in [1.165, 1.54) is 5.19 Å². The molecular formula is C46H48N4OSi. The van der Waals surface area contributed by atoms with Crippen LogP contribution in [0.2, 0.25) is 19.6 Å². The molecule has 0 saturated heterocycles. The van der Waals surface area contributed by atoms with Crippen molar-refractivity contribution in [1.82, 2.24) is 19.5 Å². The Labute approximate surface area is 309 Å². The van der Waals surface area contributed by atoms with Gasteiger partial charge < -0.3 is 5.11 Å². The van der Waals surface area contributed by atoms with Crippen LogP contribution in [0.4, 0.5) is 0 Å². The molecule has 0 bridgehead atoms. The molecule has 3 heterocycles. The topological polar surface area (TPSA) is 63.8 Å². The quantitative estimate of drug-likeness (QED) is 0.175. The zero-order valence-corrected chi connectivity index (χ0v) is 32.8. The molecule has 262 valence electrons. The van der Waals surface area contributed by atoms with Gasteiger partial charge in [-0.05, 0) is 80.7 Å². The van der Waals surface area contributed by atoms with Crippen LogP contribution in [0.5, 0.6) is 5.75 Å². The highest BCUT2D eigenvalue weighted by molar-refractivity contribution is 6.88. The van der Waals surface area contributed by atoms with Crippen molar-refractivity contribution in [2.24, 2.45) is 0 Å². The summed E-state index contributed by atoms with van der Waals surface area (Å²) in [4.78, 5) is 15.2. The van der Waals surface area contributed by atoms with Gasteiger partial charge in [0.15, 0.2) is 0 Å². The molecule has 0 atom stereocenters. The number of pyridine rings is 2. The van der Waals surface area contributed by atoms with E-state index >= 15 is 0 Å². The van der Waals surface area contributed by atoms with Crippen LogP contribution >= 0.6 is 0 Å². The molecule has 3 aromatic heterocycles. The first-order chi connectivity index (χ1) is 24.6. The molecular weight excluding hydrogens is 653 g/mol. The number of fused-ring (bicyclic) bond motifs is 1. The van der Waals surface area contributed by atoms with Crippen LogP contribution in [-0.4, -0.2) is 32.7 Å². The SMILES string of the molecule is CC(C)(C)c1cc(-c2nc3c(-c4cc(-c5ccccc5)cc(-c5ccc([Si](C)(C)C)cn5)c4)cncc3n2-c2ccccc2)c(O)c(C(C)(C)C)c1. The highest BCUT2D eigenvalue weighted by atomic mass is 28.3. The van der Waals surface area contributed by atoms with E-state index in [0.29, 0.717) is 11.4 Å². The van der Waals surface area contributed by atoms with Crippen LogP contribution in [0, 0.1) is 0 Å². The third-order valence-electron chi connectivity index (χ3n) is 9.88. The number of nitrogens with zero attached hydrogens (tertiary/aromatic N) is 4. The highest BCUT2D eigenvalue weighted by Gasteiger charge is 2.29. The Morgan fingerprint density at radius 2 is 1.27 bits per heavy atom. The number of aromatic hydroxyl groups is 1. The Bertz CT molecular complexity index is 2390. The maximum Gasteiger partial charge on any atom is 0.149 e. The molecule has 6 heteroatoms. The van der Waals surface area contributed by atoms with Gasteiger partial charge in [-0.3, -0.25) is 14.5 Å². The van der Waals surface area contributed by atoms with Crippen LogP contribution < -0.4 is 5.19 Å². The van der Waals surface area contributed by atoms with Crippen molar-refractivity contribution in [2.75, 3.05) is 0 Å². The minimum Gasteiger partial charge on any atom is -0.507 e. The van der Waals surface area contributed by atoms with Gasteiger partial charge >= 0.3 is 0 Å². The summed E-state index contributed by atoms with van der Waals surface area (Å²) >= 11 is 0. The number of phenolic OH excluding ortho intramolecular Hbond substituents is 1. The first-order valence-electron chi connectivity index (χ1n) is 18.1. The second-order valence-corrected chi connectivity index (χ2v) is 22.0. The van der Waals surface area contributed by atoms with Gasteiger partial charge in [0.1, 0.15) is 17.1 Å². The van der Waals surface area contributed by atoms with Crippen LogP contribution in [0.1, 0.15) is 52.7 Å². The molecule has 0 aliphatic rings. The summed E-state index contributed by atoms with van der Waals surface area (Å²) < 4.78 is 2.14. The number of aromatic nitrogens is 4. The number of hydrogen-bond donors (Lipinski definition) is 1. The van der Waals surface area contributed by atoms with Crippen molar-refractivity contribution >= 4 is 24.3 Å². The molecule has 0 aliphatic carbocycles. The third kappa shape index (κ3) is 6.71. The number of imidazole rings is 1. The number of benzene rings is 4. The first kappa shape index (κ1) is 35.1. The van der Waals surface area contributed by atoms with Crippen molar-refractivity contribution < 1.29 is 5.11 Å². The number of para-hydroxylation sites is 1. The molecule has 52 heavy (non-hydrogen) atoms. The Hall–Kier alpha value is -5.33. The molecule has 5 nitrogen and oxygen atoms in total. The standard InChI is InChI=1S/C46H48N4OSi/c1-45(2,3)34-25-37(43(51)39(26-34)46(4,5)6)44-49-42-38(28-47-29-41(42)50(44)35-18-14-11-15-19-35)32-22-31(30-16-12-10-13-17-30)23-33(24-32)40-21-20-36(27-48-40)52(7,8)9/h10-29,51H,1-9H3.